The second-order valence-electron chi connectivity index (χ2n) is 5.84. The Morgan fingerprint density at radius 3 is 2.85 bits per heavy atom. The molecule has 10 heteroatoms. The van der Waals surface area contributed by atoms with E-state index in [0.29, 0.717) is 10.7 Å². The maximum absolute atomic E-state index is 12.6. The molecule has 1 aromatic rings. The number of thiocarbonyl (C=S) groups is 1. The molecule has 2 heterocycles. The minimum Gasteiger partial charge on any atom is -0.496 e. The van der Waals surface area contributed by atoms with Crippen molar-refractivity contribution >= 4 is 56.0 Å². The van der Waals surface area contributed by atoms with Gasteiger partial charge in [-0.3, -0.25) is 14.5 Å². The predicted octanol–water partition coefficient (Wildman–Crippen LogP) is 1.32. The van der Waals surface area contributed by atoms with Crippen molar-refractivity contribution in [3.63, 3.8) is 0 Å². The van der Waals surface area contributed by atoms with Gasteiger partial charge in [-0.25, -0.2) is 8.42 Å². The third-order valence-electron chi connectivity index (χ3n) is 3.88. The van der Waals surface area contributed by atoms with Crippen LogP contribution in [0.4, 0.5) is 0 Å². The lowest BCUT2D eigenvalue weighted by atomic mass is 10.2. The van der Waals surface area contributed by atoms with Gasteiger partial charge in [-0.15, -0.1) is 0 Å². The highest BCUT2D eigenvalue weighted by atomic mass is 32.2. The summed E-state index contributed by atoms with van der Waals surface area (Å²) in [6.07, 6.45) is 3.08. The lowest BCUT2D eigenvalue weighted by Crippen LogP contribution is -2.43. The van der Waals surface area contributed by atoms with Crippen molar-refractivity contribution in [2.24, 2.45) is 0 Å². The number of thioether (sulfide) groups is 1. The molecule has 0 radical (unpaired) electrons. The van der Waals surface area contributed by atoms with Crippen molar-refractivity contribution in [3.8, 4) is 5.75 Å². The summed E-state index contributed by atoms with van der Waals surface area (Å²) in [6.45, 7) is -0.266. The van der Waals surface area contributed by atoms with Crippen molar-refractivity contribution in [2.45, 2.75) is 6.04 Å². The molecular weight excluding hydrogens is 408 g/mol. The summed E-state index contributed by atoms with van der Waals surface area (Å²) in [5.74, 6) is -0.405. The fraction of sp³-hybridized carbons (Fsp3) is 0.235. The van der Waals surface area contributed by atoms with Gasteiger partial charge in [-0.05, 0) is 18.2 Å². The number of hydrogen-bond acceptors (Lipinski definition) is 7. The van der Waals surface area contributed by atoms with Gasteiger partial charge in [-0.2, -0.15) is 0 Å². The first kappa shape index (κ1) is 19.6. The van der Waals surface area contributed by atoms with E-state index in [1.165, 1.54) is 11.0 Å². The van der Waals surface area contributed by atoms with Crippen LogP contribution in [0.3, 0.4) is 0 Å². The summed E-state index contributed by atoms with van der Waals surface area (Å²) in [4.78, 5) is 26.4. The van der Waals surface area contributed by atoms with Crippen LogP contribution in [0.5, 0.6) is 5.75 Å². The Morgan fingerprint density at radius 2 is 2.19 bits per heavy atom. The molecule has 1 atom stereocenters. The fourth-order valence-corrected chi connectivity index (χ4v) is 5.11. The highest BCUT2D eigenvalue weighted by Crippen LogP contribution is 2.34. The van der Waals surface area contributed by atoms with Gasteiger partial charge in [0.1, 0.15) is 16.6 Å². The smallest absolute Gasteiger partial charge is 0.266 e. The maximum atomic E-state index is 12.6. The third kappa shape index (κ3) is 4.57. The Hall–Kier alpha value is -2.17. The van der Waals surface area contributed by atoms with Crippen LogP contribution in [-0.4, -0.2) is 54.9 Å². The first-order valence-corrected chi connectivity index (χ1v) is 10.8. The number of amides is 2. The third-order valence-corrected chi connectivity index (χ3v) is 6.65. The van der Waals surface area contributed by atoms with E-state index < -0.39 is 21.8 Å². The molecule has 1 saturated heterocycles. The Bertz CT molecular complexity index is 969. The second-order valence-corrected chi connectivity index (χ2v) is 9.45. The lowest BCUT2D eigenvalue weighted by molar-refractivity contribution is -0.128. The van der Waals surface area contributed by atoms with Crippen LogP contribution in [0.2, 0.25) is 0 Å². The van der Waals surface area contributed by atoms with E-state index in [0.717, 1.165) is 22.7 Å². The molecule has 142 valence electrons. The molecule has 1 N–H and O–H groups in total. The molecule has 2 aliphatic heterocycles. The largest absolute Gasteiger partial charge is 0.496 e. The minimum absolute atomic E-state index is 0.176. The van der Waals surface area contributed by atoms with Gasteiger partial charge in [0.2, 0.25) is 5.91 Å². The molecule has 7 nitrogen and oxygen atoms in total. The Kier molecular flexibility index (Phi) is 5.68. The second kappa shape index (κ2) is 7.83. The maximum Gasteiger partial charge on any atom is 0.266 e. The minimum atomic E-state index is -3.27. The van der Waals surface area contributed by atoms with Crippen LogP contribution >= 0.6 is 24.0 Å². The molecule has 2 aliphatic rings. The van der Waals surface area contributed by atoms with Crippen LogP contribution in [0.25, 0.3) is 6.08 Å². The first-order chi connectivity index (χ1) is 12.8. The molecule has 1 aromatic carbocycles. The average molecular weight is 425 g/mol. The van der Waals surface area contributed by atoms with Gasteiger partial charge in [-0.1, -0.05) is 42.2 Å². The summed E-state index contributed by atoms with van der Waals surface area (Å²) >= 11 is 6.32. The van der Waals surface area contributed by atoms with Crippen LogP contribution in [0, 0.1) is 0 Å². The van der Waals surface area contributed by atoms with E-state index in [1.54, 1.807) is 19.3 Å². The number of methoxy groups -OCH3 is 1. The molecule has 0 bridgehead atoms. The van der Waals surface area contributed by atoms with E-state index >= 15 is 0 Å². The lowest BCUT2D eigenvalue weighted by Gasteiger charge is -2.16. The summed E-state index contributed by atoms with van der Waals surface area (Å²) in [6, 6.07) is 6.65. The van der Waals surface area contributed by atoms with Crippen LogP contribution in [0.1, 0.15) is 5.56 Å². The van der Waals surface area contributed by atoms with Gasteiger partial charge in [0.15, 0.2) is 9.84 Å². The first-order valence-electron chi connectivity index (χ1n) is 7.88. The fourth-order valence-electron chi connectivity index (χ4n) is 2.62. The number of benzene rings is 1. The van der Waals surface area contributed by atoms with E-state index in [1.807, 2.05) is 18.2 Å². The molecule has 3 rings (SSSR count). The molecule has 0 saturated carbocycles. The van der Waals surface area contributed by atoms with Gasteiger partial charge in [0, 0.05) is 11.0 Å². The highest BCUT2D eigenvalue weighted by Gasteiger charge is 2.34. The number of hydrogen-bond donors (Lipinski definition) is 1. The standard InChI is InChI=1S/C17H16N2O5S3/c1-24-13-5-3-2-4-11(13)8-14-16(21)19(17(25)26-14)9-15(20)18-12-6-7-27(22,23)10-12/h2-8,12H,9-10H2,1H3,(H,18,20). The van der Waals surface area contributed by atoms with E-state index in [4.69, 9.17) is 17.0 Å². The Labute approximate surface area is 166 Å². The molecule has 1 fully saturated rings. The number of carbonyl (C=O) groups is 2. The van der Waals surface area contributed by atoms with Crippen molar-refractivity contribution in [2.75, 3.05) is 19.4 Å². The highest BCUT2D eigenvalue weighted by molar-refractivity contribution is 8.26. The van der Waals surface area contributed by atoms with Gasteiger partial charge in [0.05, 0.1) is 23.8 Å². The topological polar surface area (TPSA) is 92.8 Å². The van der Waals surface area contributed by atoms with Gasteiger partial charge in [0.25, 0.3) is 5.91 Å². The van der Waals surface area contributed by atoms with Crippen LogP contribution in [0.15, 0.2) is 40.7 Å². The number of sulfone groups is 1. The van der Waals surface area contributed by atoms with Crippen LogP contribution < -0.4 is 10.1 Å². The zero-order valence-electron chi connectivity index (χ0n) is 14.2. The molecular formula is C17H16N2O5S3. The predicted molar refractivity (Wildman–Crippen MR) is 108 cm³/mol. The number of nitrogens with one attached hydrogen (secondary N) is 1. The van der Waals surface area contributed by atoms with Crippen molar-refractivity contribution < 1.29 is 22.7 Å². The summed E-state index contributed by atoms with van der Waals surface area (Å²) in [7, 11) is -1.73. The van der Waals surface area contributed by atoms with E-state index in [2.05, 4.69) is 5.32 Å². The quantitative estimate of drug-likeness (QED) is 0.563. The monoisotopic (exact) mass is 424 g/mol. The summed E-state index contributed by atoms with van der Waals surface area (Å²) in [5, 5.41) is 3.66. The number of ether oxygens (including phenoxy) is 1. The summed E-state index contributed by atoms with van der Waals surface area (Å²) < 4.78 is 28.3. The number of carbonyl (C=O) groups excluding carboxylic acids is 2. The molecule has 2 amide bonds. The Morgan fingerprint density at radius 1 is 1.44 bits per heavy atom. The zero-order chi connectivity index (χ0) is 19.6. The number of nitrogens with zero attached hydrogens (tertiary/aromatic N) is 1. The van der Waals surface area contributed by atoms with Crippen LogP contribution in [-0.2, 0) is 19.4 Å². The molecule has 1 unspecified atom stereocenters. The summed E-state index contributed by atoms with van der Waals surface area (Å²) in [5.41, 5.74) is 0.728. The van der Waals surface area contributed by atoms with Crippen molar-refractivity contribution in [1.29, 1.82) is 0 Å². The van der Waals surface area contributed by atoms with Gasteiger partial charge >= 0.3 is 0 Å². The number of para-hydroxylation sites is 1. The average Bonchev–Trinajstić information content (AvgIpc) is 3.08. The molecule has 0 aromatic heterocycles. The molecule has 27 heavy (non-hydrogen) atoms. The van der Waals surface area contributed by atoms with E-state index in [-0.39, 0.29) is 22.5 Å². The number of rotatable bonds is 5. The molecule has 0 aliphatic carbocycles. The zero-order valence-corrected chi connectivity index (χ0v) is 16.7. The SMILES string of the molecule is COc1ccccc1C=C1SC(=S)N(CC(=O)NC2C=CS(=O)(=O)C2)C1=O. The van der Waals surface area contributed by atoms with Crippen molar-refractivity contribution in [3.05, 3.63) is 46.2 Å². The van der Waals surface area contributed by atoms with E-state index in [9.17, 15) is 18.0 Å². The Balaban J connectivity index is 1.68. The van der Waals surface area contributed by atoms with Crippen molar-refractivity contribution in [1.82, 2.24) is 10.2 Å². The van der Waals surface area contributed by atoms with Gasteiger partial charge < -0.3 is 10.1 Å². The normalized spacial score (nSPS) is 22.5. The molecule has 0 spiro atoms.